The molecule has 0 spiro atoms. The number of methoxy groups -OCH3 is 1. The first kappa shape index (κ1) is 34.4. The minimum atomic E-state index is -3.03. The summed E-state index contributed by atoms with van der Waals surface area (Å²) in [4.78, 5) is 35.2. The van der Waals surface area contributed by atoms with Gasteiger partial charge in [-0.15, -0.1) is 0 Å². The molecular weight excluding hydrogens is 667 g/mol. The molecule has 1 aromatic heterocycles. The Morgan fingerprint density at radius 2 is 1.57 bits per heavy atom. The van der Waals surface area contributed by atoms with Gasteiger partial charge in [0.05, 0.1) is 18.4 Å². The zero-order valence-electron chi connectivity index (χ0n) is 26.5. The molecule has 3 heterocycles. The van der Waals surface area contributed by atoms with E-state index in [-0.39, 0.29) is 11.8 Å². The number of rotatable bonds is 9. The molecule has 2 aliphatic heterocycles. The topological polar surface area (TPSA) is 108 Å². The molecule has 5 rings (SSSR count). The molecule has 2 amide bonds. The van der Waals surface area contributed by atoms with E-state index in [4.69, 9.17) is 32.9 Å². The minimum Gasteiger partial charge on any atom is -0.480 e. The second kappa shape index (κ2) is 13.7. The molecule has 0 N–H and O–H groups in total. The van der Waals surface area contributed by atoms with Crippen molar-refractivity contribution in [3.05, 3.63) is 81.5 Å². The average Bonchev–Trinajstić information content (AvgIpc) is 3.28. The van der Waals surface area contributed by atoms with E-state index in [1.54, 1.807) is 11.1 Å². The lowest BCUT2D eigenvalue weighted by Crippen LogP contribution is -2.60. The lowest BCUT2D eigenvalue weighted by molar-refractivity contribution is 0.0868. The van der Waals surface area contributed by atoms with E-state index in [0.29, 0.717) is 71.6 Å². The fraction of sp³-hybridized carbons (Fsp3) is 0.438. The van der Waals surface area contributed by atoms with Gasteiger partial charge >= 0.3 is 6.03 Å². The van der Waals surface area contributed by atoms with Crippen LogP contribution in [0.3, 0.4) is 0 Å². The van der Waals surface area contributed by atoms with Crippen molar-refractivity contribution in [2.45, 2.75) is 36.5 Å². The van der Waals surface area contributed by atoms with Crippen LogP contribution in [0.15, 0.2) is 64.9 Å². The summed E-state index contributed by atoms with van der Waals surface area (Å²) >= 11 is 14.1. The molecule has 0 radical (unpaired) electrons. The molecule has 2 aliphatic rings. The summed E-state index contributed by atoms with van der Waals surface area (Å²) in [6.07, 6.45) is 5.35. The Balaban J connectivity index is 1.61. The molecular formula is C32H38Cl2N6O4S2. The van der Waals surface area contributed by atoms with Crippen LogP contribution in [0.25, 0.3) is 0 Å². The van der Waals surface area contributed by atoms with Crippen molar-refractivity contribution in [1.29, 1.82) is 0 Å². The highest BCUT2D eigenvalue weighted by atomic mass is 35.5. The maximum atomic E-state index is 14.9. The van der Waals surface area contributed by atoms with Gasteiger partial charge in [0.25, 0.3) is 0 Å². The molecule has 3 aromatic rings. The molecule has 2 aromatic carbocycles. The van der Waals surface area contributed by atoms with Crippen molar-refractivity contribution in [2.75, 3.05) is 58.1 Å². The molecule has 0 bridgehead atoms. The van der Waals surface area contributed by atoms with E-state index in [9.17, 15) is 13.2 Å². The number of halogens is 2. The Kier molecular flexibility index (Phi) is 10.2. The first-order valence-electron chi connectivity index (χ1n) is 14.9. The van der Waals surface area contributed by atoms with Crippen molar-refractivity contribution in [3.8, 4) is 5.88 Å². The normalized spacial score (nSPS) is 22.2. The van der Waals surface area contributed by atoms with E-state index >= 15 is 0 Å². The van der Waals surface area contributed by atoms with Crippen LogP contribution in [0.4, 0.5) is 4.79 Å². The van der Waals surface area contributed by atoms with E-state index in [2.05, 4.69) is 14.9 Å². The summed E-state index contributed by atoms with van der Waals surface area (Å²) in [6, 6.07) is 14.8. The number of hydrogen-bond donors (Lipinski definition) is 0. The first-order chi connectivity index (χ1) is 21.8. The lowest BCUT2D eigenvalue weighted by Gasteiger charge is -2.47. The Labute approximate surface area is 285 Å². The maximum absolute atomic E-state index is 14.9. The molecule has 1 fully saturated rings. The number of aromatic nitrogens is 2. The Morgan fingerprint density at radius 1 is 0.978 bits per heavy atom. The molecule has 246 valence electrons. The molecule has 14 heteroatoms. The number of nitrogens with zero attached hydrogens (tertiary/aromatic N) is 6. The third kappa shape index (κ3) is 6.73. The lowest BCUT2D eigenvalue weighted by atomic mass is 9.71. The fourth-order valence-corrected chi connectivity index (χ4v) is 7.42. The number of hydrogen-bond acceptors (Lipinski definition) is 9. The van der Waals surface area contributed by atoms with Crippen molar-refractivity contribution in [3.63, 3.8) is 0 Å². The van der Waals surface area contributed by atoms with Crippen LogP contribution < -0.4 is 4.74 Å². The van der Waals surface area contributed by atoms with Gasteiger partial charge in [-0.25, -0.2) is 18.2 Å². The van der Waals surface area contributed by atoms with Gasteiger partial charge in [-0.2, -0.15) is 4.98 Å². The number of thioether (sulfide) groups is 1. The molecule has 2 atom stereocenters. The van der Waals surface area contributed by atoms with Gasteiger partial charge in [-0.1, -0.05) is 59.2 Å². The second-order valence-electron chi connectivity index (χ2n) is 11.8. The van der Waals surface area contributed by atoms with E-state index in [0.717, 1.165) is 11.1 Å². The highest BCUT2D eigenvalue weighted by Gasteiger charge is 2.60. The third-order valence-corrected chi connectivity index (χ3v) is 11.0. The average molecular weight is 706 g/mol. The summed E-state index contributed by atoms with van der Waals surface area (Å²) in [6.45, 7) is 6.86. The number of piperazine rings is 1. The van der Waals surface area contributed by atoms with E-state index < -0.39 is 20.9 Å². The van der Waals surface area contributed by atoms with Crippen molar-refractivity contribution < 1.29 is 17.9 Å². The number of carbonyl (C=O) groups is 1. The minimum absolute atomic E-state index is 0.141. The summed E-state index contributed by atoms with van der Waals surface area (Å²) in [5.74, 6) is 0.840. The van der Waals surface area contributed by atoms with E-state index in [1.807, 2.05) is 73.5 Å². The summed E-state index contributed by atoms with van der Waals surface area (Å²) < 4.78 is 29.0. The van der Waals surface area contributed by atoms with Gasteiger partial charge in [0.1, 0.15) is 26.8 Å². The van der Waals surface area contributed by atoms with Gasteiger partial charge in [-0.3, -0.25) is 14.8 Å². The Bertz CT molecular complexity index is 1720. The monoisotopic (exact) mass is 704 g/mol. The quantitative estimate of drug-likeness (QED) is 0.210. The van der Waals surface area contributed by atoms with Crippen LogP contribution in [0.1, 0.15) is 37.0 Å². The number of benzene rings is 2. The van der Waals surface area contributed by atoms with Crippen LogP contribution in [0, 0.1) is 0 Å². The van der Waals surface area contributed by atoms with Gasteiger partial charge in [0.15, 0.2) is 5.16 Å². The Hall–Kier alpha value is -2.90. The highest BCUT2D eigenvalue weighted by Crippen LogP contribution is 2.54. The van der Waals surface area contributed by atoms with E-state index in [1.165, 1.54) is 25.1 Å². The highest BCUT2D eigenvalue weighted by molar-refractivity contribution is 7.98. The largest absolute Gasteiger partial charge is 0.480 e. The molecule has 1 saturated heterocycles. The van der Waals surface area contributed by atoms with Crippen molar-refractivity contribution in [1.82, 2.24) is 24.7 Å². The predicted molar refractivity (Wildman–Crippen MR) is 184 cm³/mol. The summed E-state index contributed by atoms with van der Waals surface area (Å²) in [5.41, 5.74) is 0.145. The number of sulfone groups is 1. The standard InChI is InChI=1S/C32H38Cl2N6O4S2/c1-31(22-7-11-24(33)12-8-22)32(2,23-9-13-25(34)14-10-23)40(27(37-31)26-21-35-29(45-4)36-28(26)44-3)30(41)39-18-16-38(17-19-39)15-6-20-46(5,42)43/h7-14,21H,6,15-20H2,1-5H3/t31-,32+/m0/s1. The van der Waals surface area contributed by atoms with Gasteiger partial charge in [0.2, 0.25) is 5.88 Å². The van der Waals surface area contributed by atoms with Crippen molar-refractivity contribution >= 4 is 56.7 Å². The molecule has 0 aliphatic carbocycles. The summed E-state index contributed by atoms with van der Waals surface area (Å²) in [7, 11) is -1.49. The number of ether oxygens (including phenoxy) is 1. The molecule has 46 heavy (non-hydrogen) atoms. The molecule has 0 unspecified atom stereocenters. The predicted octanol–water partition coefficient (Wildman–Crippen LogP) is 5.58. The number of amidine groups is 1. The number of amides is 2. The van der Waals surface area contributed by atoms with Gasteiger partial charge in [0, 0.05) is 48.7 Å². The molecule has 0 saturated carbocycles. The third-order valence-electron chi connectivity index (χ3n) is 8.92. The fourth-order valence-electron chi connectivity index (χ4n) is 6.18. The van der Waals surface area contributed by atoms with Crippen LogP contribution >= 0.6 is 35.0 Å². The summed E-state index contributed by atoms with van der Waals surface area (Å²) in [5, 5.41) is 1.70. The number of urea groups is 1. The van der Waals surface area contributed by atoms with Crippen LogP contribution in [-0.2, 0) is 20.9 Å². The first-order valence-corrected chi connectivity index (χ1v) is 18.9. The number of aliphatic imine (C=N–C) groups is 1. The van der Waals surface area contributed by atoms with Crippen molar-refractivity contribution in [2.24, 2.45) is 4.99 Å². The smallest absolute Gasteiger partial charge is 0.326 e. The Morgan fingerprint density at radius 3 is 2.11 bits per heavy atom. The second-order valence-corrected chi connectivity index (χ2v) is 15.7. The SMILES string of the molecule is COc1nc(SC)ncc1C1=N[C@@](C)(c2ccc(Cl)cc2)[C@@](C)(c2ccc(Cl)cc2)N1C(=O)N1CCN(CCCS(C)(=O)=O)CC1. The zero-order chi connectivity index (χ0) is 33.3. The van der Waals surface area contributed by atoms with Crippen LogP contribution in [0.2, 0.25) is 10.0 Å². The van der Waals surface area contributed by atoms with Gasteiger partial charge < -0.3 is 9.64 Å². The van der Waals surface area contributed by atoms with Crippen LogP contribution in [0.5, 0.6) is 5.88 Å². The van der Waals surface area contributed by atoms with Gasteiger partial charge in [-0.05, 0) is 68.5 Å². The number of carbonyl (C=O) groups excluding carboxylic acids is 1. The van der Waals surface area contributed by atoms with Crippen LogP contribution in [-0.4, -0.2) is 103 Å². The zero-order valence-corrected chi connectivity index (χ0v) is 29.7. The molecule has 10 nitrogen and oxygen atoms in total. The maximum Gasteiger partial charge on any atom is 0.326 e.